The van der Waals surface area contributed by atoms with Crippen molar-refractivity contribution in [2.45, 2.75) is 32.6 Å². The Kier molecular flexibility index (Phi) is 9.37. The van der Waals surface area contributed by atoms with Crippen LogP contribution in [0, 0.1) is 0 Å². The smallest absolute Gasteiger partial charge is 0.338 e. The molecule has 0 bridgehead atoms. The molecule has 0 aliphatic heterocycles. The second kappa shape index (κ2) is 12.3. The number of benzene rings is 2. The van der Waals surface area contributed by atoms with Gasteiger partial charge in [0.05, 0.1) is 25.9 Å². The minimum Gasteiger partial charge on any atom is -0.497 e. The number of carbonyl (C=O) groups is 3. The number of anilines is 1. The Morgan fingerprint density at radius 1 is 0.767 bits per heavy atom. The van der Waals surface area contributed by atoms with Crippen LogP contribution in [0.4, 0.5) is 5.69 Å². The molecular formula is C23H27NO6. The quantitative estimate of drug-likeness (QED) is 0.438. The van der Waals surface area contributed by atoms with Crippen molar-refractivity contribution in [2.24, 2.45) is 0 Å². The van der Waals surface area contributed by atoms with Gasteiger partial charge in [-0.2, -0.15) is 0 Å². The maximum atomic E-state index is 12.3. The van der Waals surface area contributed by atoms with Crippen molar-refractivity contribution < 1.29 is 28.6 Å². The minimum absolute atomic E-state index is 0.248. The summed E-state index contributed by atoms with van der Waals surface area (Å²) >= 11 is 0. The first-order chi connectivity index (χ1) is 14.5. The number of carbonyl (C=O) groups excluding carboxylic acids is 3. The predicted octanol–water partition coefficient (Wildman–Crippen LogP) is 4.23. The summed E-state index contributed by atoms with van der Waals surface area (Å²) in [7, 11) is 1.57. The fourth-order valence-electron chi connectivity index (χ4n) is 2.66. The largest absolute Gasteiger partial charge is 0.497 e. The molecule has 7 heteroatoms. The summed E-state index contributed by atoms with van der Waals surface area (Å²) in [6.07, 6.45) is 3.36. The molecule has 1 amide bonds. The van der Waals surface area contributed by atoms with Crippen LogP contribution in [0.1, 0.15) is 53.3 Å². The van der Waals surface area contributed by atoms with Gasteiger partial charge in [-0.1, -0.05) is 0 Å². The van der Waals surface area contributed by atoms with Crippen molar-refractivity contribution in [3.8, 4) is 5.75 Å². The van der Waals surface area contributed by atoms with E-state index in [-0.39, 0.29) is 11.9 Å². The lowest BCUT2D eigenvalue weighted by Crippen LogP contribution is -2.12. The van der Waals surface area contributed by atoms with E-state index in [1.165, 1.54) is 6.92 Å². The third kappa shape index (κ3) is 7.95. The maximum Gasteiger partial charge on any atom is 0.338 e. The lowest BCUT2D eigenvalue weighted by molar-refractivity contribution is -0.141. The molecule has 160 valence electrons. The average Bonchev–Trinajstić information content (AvgIpc) is 2.75. The number of ether oxygens (including phenoxy) is 3. The topological polar surface area (TPSA) is 90.9 Å². The van der Waals surface area contributed by atoms with Gasteiger partial charge in [-0.25, -0.2) is 4.79 Å². The van der Waals surface area contributed by atoms with E-state index < -0.39 is 5.97 Å². The van der Waals surface area contributed by atoms with Crippen LogP contribution in [-0.4, -0.2) is 38.2 Å². The van der Waals surface area contributed by atoms with Gasteiger partial charge in [0.25, 0.3) is 5.91 Å². The van der Waals surface area contributed by atoms with E-state index in [2.05, 4.69) is 5.32 Å². The van der Waals surface area contributed by atoms with Crippen molar-refractivity contribution in [1.29, 1.82) is 0 Å². The molecule has 2 aromatic carbocycles. The van der Waals surface area contributed by atoms with Crippen LogP contribution in [0.5, 0.6) is 5.75 Å². The van der Waals surface area contributed by atoms with Gasteiger partial charge in [-0.15, -0.1) is 0 Å². The lowest BCUT2D eigenvalue weighted by Gasteiger charge is -2.08. The number of nitrogens with one attached hydrogen (secondary N) is 1. The lowest BCUT2D eigenvalue weighted by atomic mass is 10.1. The van der Waals surface area contributed by atoms with Crippen LogP contribution in [0.2, 0.25) is 0 Å². The van der Waals surface area contributed by atoms with Crippen molar-refractivity contribution in [3.05, 3.63) is 59.7 Å². The van der Waals surface area contributed by atoms with Crippen LogP contribution < -0.4 is 10.1 Å². The first-order valence-electron chi connectivity index (χ1n) is 9.85. The van der Waals surface area contributed by atoms with Gasteiger partial charge in [0.1, 0.15) is 5.75 Å². The van der Waals surface area contributed by atoms with Crippen molar-refractivity contribution in [1.82, 2.24) is 0 Å². The highest BCUT2D eigenvalue weighted by Gasteiger charge is 2.09. The molecule has 0 saturated heterocycles. The van der Waals surface area contributed by atoms with Gasteiger partial charge in [0.2, 0.25) is 0 Å². The molecular weight excluding hydrogens is 386 g/mol. The molecule has 0 aromatic heterocycles. The van der Waals surface area contributed by atoms with Gasteiger partial charge in [0, 0.05) is 18.2 Å². The van der Waals surface area contributed by atoms with E-state index in [1.54, 1.807) is 55.6 Å². The fourth-order valence-corrected chi connectivity index (χ4v) is 2.66. The molecule has 0 fully saturated rings. The van der Waals surface area contributed by atoms with E-state index in [9.17, 15) is 14.4 Å². The second-order valence-corrected chi connectivity index (χ2v) is 6.65. The molecule has 0 atom stereocenters. The zero-order valence-corrected chi connectivity index (χ0v) is 17.3. The fraction of sp³-hybridized carbons (Fsp3) is 0.348. The van der Waals surface area contributed by atoms with Gasteiger partial charge >= 0.3 is 11.9 Å². The summed E-state index contributed by atoms with van der Waals surface area (Å²) < 4.78 is 15.2. The molecule has 0 radical (unpaired) electrons. The van der Waals surface area contributed by atoms with Crippen LogP contribution in [0.25, 0.3) is 0 Å². The molecule has 0 aliphatic carbocycles. The monoisotopic (exact) mass is 413 g/mol. The Morgan fingerprint density at radius 3 is 1.90 bits per heavy atom. The Labute approximate surface area is 176 Å². The summed E-state index contributed by atoms with van der Waals surface area (Å²) in [4.78, 5) is 35.0. The SMILES string of the molecule is COc1ccc(C(=O)Nc2ccc(C(=O)OCCCCCCOC(C)=O)cc2)cc1. The summed E-state index contributed by atoms with van der Waals surface area (Å²) in [6, 6.07) is 13.3. The van der Waals surface area contributed by atoms with E-state index in [0.717, 1.165) is 25.7 Å². The van der Waals surface area contributed by atoms with Gasteiger partial charge < -0.3 is 19.5 Å². The third-order valence-electron chi connectivity index (χ3n) is 4.31. The Bertz CT molecular complexity index is 830. The number of rotatable bonds is 11. The van der Waals surface area contributed by atoms with Crippen molar-refractivity contribution in [3.63, 3.8) is 0 Å². The molecule has 0 unspecified atom stereocenters. The predicted molar refractivity (Wildman–Crippen MR) is 113 cm³/mol. The Morgan fingerprint density at radius 2 is 1.33 bits per heavy atom. The van der Waals surface area contributed by atoms with E-state index >= 15 is 0 Å². The van der Waals surface area contributed by atoms with Gasteiger partial charge in [-0.3, -0.25) is 9.59 Å². The summed E-state index contributed by atoms with van der Waals surface area (Å²) in [5, 5.41) is 2.78. The highest BCUT2D eigenvalue weighted by molar-refractivity contribution is 6.04. The first-order valence-corrected chi connectivity index (χ1v) is 9.85. The van der Waals surface area contributed by atoms with Crippen molar-refractivity contribution >= 4 is 23.5 Å². The standard InChI is InChI=1S/C23H27NO6/c1-17(25)29-15-5-3-4-6-16-30-23(27)19-7-11-20(12-8-19)24-22(26)18-9-13-21(28-2)14-10-18/h7-14H,3-6,15-16H2,1-2H3,(H,24,26). The zero-order chi connectivity index (χ0) is 21.8. The average molecular weight is 413 g/mol. The Balaban J connectivity index is 1.70. The molecule has 0 spiro atoms. The van der Waals surface area contributed by atoms with Gasteiger partial charge in [0.15, 0.2) is 0 Å². The molecule has 0 aliphatic rings. The van der Waals surface area contributed by atoms with E-state index in [4.69, 9.17) is 14.2 Å². The first kappa shape index (κ1) is 22.9. The third-order valence-corrected chi connectivity index (χ3v) is 4.31. The van der Waals surface area contributed by atoms with E-state index in [0.29, 0.717) is 35.8 Å². The molecule has 30 heavy (non-hydrogen) atoms. The summed E-state index contributed by atoms with van der Waals surface area (Å²) in [5.74, 6) is -0.240. The molecule has 2 aromatic rings. The second-order valence-electron chi connectivity index (χ2n) is 6.65. The highest BCUT2D eigenvalue weighted by Crippen LogP contribution is 2.15. The van der Waals surface area contributed by atoms with Crippen LogP contribution in [-0.2, 0) is 14.3 Å². The number of unbranched alkanes of at least 4 members (excludes halogenated alkanes) is 3. The Hall–Kier alpha value is -3.35. The minimum atomic E-state index is -0.400. The van der Waals surface area contributed by atoms with Crippen LogP contribution >= 0.6 is 0 Å². The highest BCUT2D eigenvalue weighted by atomic mass is 16.5. The zero-order valence-electron chi connectivity index (χ0n) is 17.3. The van der Waals surface area contributed by atoms with Crippen LogP contribution in [0.3, 0.4) is 0 Å². The number of hydrogen-bond acceptors (Lipinski definition) is 6. The number of amides is 1. The van der Waals surface area contributed by atoms with Crippen molar-refractivity contribution in [2.75, 3.05) is 25.6 Å². The molecule has 2 rings (SSSR count). The number of esters is 2. The molecule has 1 N–H and O–H groups in total. The summed E-state index contributed by atoms with van der Waals surface area (Å²) in [6.45, 7) is 2.15. The number of methoxy groups -OCH3 is 1. The molecule has 0 saturated carbocycles. The number of hydrogen-bond donors (Lipinski definition) is 1. The molecule has 7 nitrogen and oxygen atoms in total. The molecule has 0 heterocycles. The summed E-state index contributed by atoms with van der Waals surface area (Å²) in [5.41, 5.74) is 1.51. The normalized spacial score (nSPS) is 10.2. The van der Waals surface area contributed by atoms with Gasteiger partial charge in [-0.05, 0) is 74.2 Å². The van der Waals surface area contributed by atoms with Crippen LogP contribution in [0.15, 0.2) is 48.5 Å². The van der Waals surface area contributed by atoms with E-state index in [1.807, 2.05) is 0 Å². The maximum absolute atomic E-state index is 12.3.